The molecule has 2 N–H and O–H groups in total. The van der Waals surface area contributed by atoms with E-state index < -0.39 is 0 Å². The Morgan fingerprint density at radius 1 is 1.05 bits per heavy atom. The number of hydrogen-bond donors (Lipinski definition) is 2. The van der Waals surface area contributed by atoms with Crippen LogP contribution in [0.2, 0.25) is 0 Å². The topological polar surface area (TPSA) is 49.3 Å². The Morgan fingerprint density at radius 2 is 1.71 bits per heavy atom. The van der Waals surface area contributed by atoms with Gasteiger partial charge >= 0.3 is 0 Å². The Balaban J connectivity index is 1.70. The van der Waals surface area contributed by atoms with Gasteiger partial charge in [0.25, 0.3) is 0 Å². The minimum Gasteiger partial charge on any atom is -0.508 e. The molecule has 1 saturated carbocycles. The zero-order chi connectivity index (χ0) is 14.7. The van der Waals surface area contributed by atoms with Gasteiger partial charge in [0.1, 0.15) is 5.75 Å². The van der Waals surface area contributed by atoms with Crippen molar-refractivity contribution in [3.63, 3.8) is 0 Å². The van der Waals surface area contributed by atoms with E-state index in [1.807, 2.05) is 18.2 Å². The summed E-state index contributed by atoms with van der Waals surface area (Å²) in [5.74, 6) is 0.253. The molecule has 2 aromatic rings. The van der Waals surface area contributed by atoms with Crippen molar-refractivity contribution in [1.82, 2.24) is 5.32 Å². The van der Waals surface area contributed by atoms with Gasteiger partial charge in [-0.15, -0.1) is 0 Å². The van der Waals surface area contributed by atoms with Crippen LogP contribution in [0.15, 0.2) is 54.6 Å². The van der Waals surface area contributed by atoms with Crippen molar-refractivity contribution in [3.05, 3.63) is 65.7 Å². The standard InChI is InChI=1S/C18H19NO2/c20-16-9-7-14(8-10-16)13-17(21)19-18(11-4-12-18)15-5-2-1-3-6-15/h1-3,5-10,20H,4,11-13H2,(H,19,21). The van der Waals surface area contributed by atoms with E-state index in [0.29, 0.717) is 6.42 Å². The summed E-state index contributed by atoms with van der Waals surface area (Å²) in [7, 11) is 0. The van der Waals surface area contributed by atoms with Gasteiger partial charge in [-0.05, 0) is 42.5 Å². The predicted molar refractivity (Wildman–Crippen MR) is 81.9 cm³/mol. The first-order chi connectivity index (χ1) is 10.2. The van der Waals surface area contributed by atoms with Crippen molar-refractivity contribution < 1.29 is 9.90 Å². The Morgan fingerprint density at radius 3 is 2.29 bits per heavy atom. The van der Waals surface area contributed by atoms with Crippen LogP contribution in [0.5, 0.6) is 5.75 Å². The maximum absolute atomic E-state index is 12.3. The van der Waals surface area contributed by atoms with Crippen LogP contribution in [0.3, 0.4) is 0 Å². The summed E-state index contributed by atoms with van der Waals surface area (Å²) in [6, 6.07) is 17.0. The monoisotopic (exact) mass is 281 g/mol. The summed E-state index contributed by atoms with van der Waals surface area (Å²) < 4.78 is 0. The molecule has 1 amide bonds. The number of phenols is 1. The predicted octanol–water partition coefficient (Wildman–Crippen LogP) is 3.13. The van der Waals surface area contributed by atoms with E-state index in [9.17, 15) is 9.90 Å². The van der Waals surface area contributed by atoms with Crippen LogP contribution in [0.25, 0.3) is 0 Å². The summed E-state index contributed by atoms with van der Waals surface area (Å²) in [5.41, 5.74) is 1.91. The molecule has 0 heterocycles. The number of amides is 1. The van der Waals surface area contributed by atoms with Gasteiger partial charge in [-0.25, -0.2) is 0 Å². The van der Waals surface area contributed by atoms with Crippen LogP contribution < -0.4 is 5.32 Å². The number of rotatable bonds is 4. The number of carbonyl (C=O) groups is 1. The molecule has 0 atom stereocenters. The van der Waals surface area contributed by atoms with E-state index in [2.05, 4.69) is 17.4 Å². The molecule has 0 aliphatic heterocycles. The molecule has 0 saturated heterocycles. The zero-order valence-corrected chi connectivity index (χ0v) is 11.9. The fourth-order valence-electron chi connectivity index (χ4n) is 2.88. The average Bonchev–Trinajstić information content (AvgIpc) is 2.46. The van der Waals surface area contributed by atoms with Gasteiger partial charge in [0.15, 0.2) is 0 Å². The van der Waals surface area contributed by atoms with Gasteiger partial charge in [0, 0.05) is 0 Å². The SMILES string of the molecule is O=C(Cc1ccc(O)cc1)NC1(c2ccccc2)CCC1. The fourth-order valence-corrected chi connectivity index (χ4v) is 2.88. The van der Waals surface area contributed by atoms with Gasteiger partial charge in [-0.1, -0.05) is 42.5 Å². The summed E-state index contributed by atoms with van der Waals surface area (Å²) in [6.07, 6.45) is 3.49. The van der Waals surface area contributed by atoms with Crippen LogP contribution in [-0.4, -0.2) is 11.0 Å². The average molecular weight is 281 g/mol. The first-order valence-corrected chi connectivity index (χ1v) is 7.32. The molecule has 1 aliphatic carbocycles. The lowest BCUT2D eigenvalue weighted by molar-refractivity contribution is -0.123. The molecule has 21 heavy (non-hydrogen) atoms. The van der Waals surface area contributed by atoms with Crippen LogP contribution in [-0.2, 0) is 16.8 Å². The van der Waals surface area contributed by atoms with E-state index in [0.717, 1.165) is 24.8 Å². The molecule has 1 fully saturated rings. The number of phenolic OH excluding ortho intramolecular Hbond substituents is 1. The first kappa shape index (κ1) is 13.7. The van der Waals surface area contributed by atoms with Gasteiger partial charge in [-0.3, -0.25) is 4.79 Å². The molecule has 0 bridgehead atoms. The van der Waals surface area contributed by atoms with E-state index in [1.165, 1.54) is 5.56 Å². The minimum atomic E-state index is -0.185. The van der Waals surface area contributed by atoms with Crippen molar-refractivity contribution in [2.45, 2.75) is 31.2 Å². The summed E-state index contributed by atoms with van der Waals surface area (Å²) >= 11 is 0. The molecule has 3 rings (SSSR count). The second kappa shape index (κ2) is 5.60. The van der Waals surface area contributed by atoms with Crippen LogP contribution in [0, 0.1) is 0 Å². The van der Waals surface area contributed by atoms with Gasteiger partial charge < -0.3 is 10.4 Å². The van der Waals surface area contributed by atoms with Crippen LogP contribution >= 0.6 is 0 Å². The van der Waals surface area contributed by atoms with Crippen molar-refractivity contribution in [2.24, 2.45) is 0 Å². The Hall–Kier alpha value is -2.29. The van der Waals surface area contributed by atoms with Crippen LogP contribution in [0.1, 0.15) is 30.4 Å². The van der Waals surface area contributed by atoms with Crippen molar-refractivity contribution >= 4 is 5.91 Å². The fraction of sp³-hybridized carbons (Fsp3) is 0.278. The molecule has 2 aromatic carbocycles. The third kappa shape index (κ3) is 2.92. The van der Waals surface area contributed by atoms with Gasteiger partial charge in [0.05, 0.1) is 12.0 Å². The minimum absolute atomic E-state index is 0.0317. The van der Waals surface area contributed by atoms with Gasteiger partial charge in [-0.2, -0.15) is 0 Å². The lowest BCUT2D eigenvalue weighted by atomic mass is 9.71. The van der Waals surface area contributed by atoms with Crippen molar-refractivity contribution in [3.8, 4) is 5.75 Å². The third-order valence-electron chi connectivity index (χ3n) is 4.21. The second-order valence-corrected chi connectivity index (χ2v) is 5.69. The zero-order valence-electron chi connectivity index (χ0n) is 11.9. The molecule has 1 aliphatic rings. The van der Waals surface area contributed by atoms with Crippen molar-refractivity contribution in [2.75, 3.05) is 0 Å². The molecular formula is C18H19NO2. The Kier molecular flexibility index (Phi) is 3.65. The number of aromatic hydroxyl groups is 1. The Labute approximate surface area is 124 Å². The van der Waals surface area contributed by atoms with E-state index in [1.54, 1.807) is 24.3 Å². The smallest absolute Gasteiger partial charge is 0.225 e. The molecule has 0 spiro atoms. The normalized spacial score (nSPS) is 16.0. The molecular weight excluding hydrogens is 262 g/mol. The van der Waals surface area contributed by atoms with Crippen LogP contribution in [0.4, 0.5) is 0 Å². The maximum Gasteiger partial charge on any atom is 0.225 e. The molecule has 0 aromatic heterocycles. The molecule has 3 nitrogen and oxygen atoms in total. The number of benzene rings is 2. The first-order valence-electron chi connectivity index (χ1n) is 7.32. The highest BCUT2D eigenvalue weighted by molar-refractivity contribution is 5.79. The summed E-state index contributed by atoms with van der Waals surface area (Å²) in [5, 5.41) is 12.5. The highest BCUT2D eigenvalue weighted by atomic mass is 16.3. The molecule has 0 radical (unpaired) electrons. The van der Waals surface area contributed by atoms with E-state index >= 15 is 0 Å². The highest BCUT2D eigenvalue weighted by Crippen LogP contribution is 2.41. The van der Waals surface area contributed by atoms with E-state index in [-0.39, 0.29) is 17.2 Å². The number of carbonyl (C=O) groups excluding carboxylic acids is 1. The van der Waals surface area contributed by atoms with E-state index in [4.69, 9.17) is 0 Å². The molecule has 0 unspecified atom stereocenters. The summed E-state index contributed by atoms with van der Waals surface area (Å²) in [6.45, 7) is 0. The largest absolute Gasteiger partial charge is 0.508 e. The lowest BCUT2D eigenvalue weighted by Gasteiger charge is -2.43. The lowest BCUT2D eigenvalue weighted by Crippen LogP contribution is -2.51. The summed E-state index contributed by atoms with van der Waals surface area (Å²) in [4.78, 5) is 12.3. The van der Waals surface area contributed by atoms with Crippen molar-refractivity contribution in [1.29, 1.82) is 0 Å². The molecule has 3 heteroatoms. The van der Waals surface area contributed by atoms with Gasteiger partial charge in [0.2, 0.25) is 5.91 Å². The maximum atomic E-state index is 12.3. The number of hydrogen-bond acceptors (Lipinski definition) is 2. The molecule has 108 valence electrons. The number of nitrogens with one attached hydrogen (secondary N) is 1. The third-order valence-corrected chi connectivity index (χ3v) is 4.21. The quantitative estimate of drug-likeness (QED) is 0.904. The highest BCUT2D eigenvalue weighted by Gasteiger charge is 2.39. The Bertz CT molecular complexity index is 615. The second-order valence-electron chi connectivity index (χ2n) is 5.69.